The molecule has 4 aromatic rings. The number of nitrogens with one attached hydrogen (secondary N) is 1. The zero-order valence-electron chi connectivity index (χ0n) is 19.6. The number of aryl methyl sites for hydroxylation is 1. The second-order valence-corrected chi connectivity index (χ2v) is 9.45. The molecule has 2 N–H and O–H groups in total. The number of aliphatic hydroxyl groups is 1. The average Bonchev–Trinajstić information content (AvgIpc) is 3.34. The number of imide groups is 1. The molecule has 6 heteroatoms. The molecular weight excluding hydrogens is 438 g/mol. The Kier molecular flexibility index (Phi) is 5.28. The molecule has 0 unspecified atom stereocenters. The van der Waals surface area contributed by atoms with E-state index in [2.05, 4.69) is 22.0 Å². The number of aliphatic hydroxyl groups excluding tert-OH is 1. The van der Waals surface area contributed by atoms with E-state index in [-0.39, 0.29) is 24.4 Å². The summed E-state index contributed by atoms with van der Waals surface area (Å²) in [5.41, 5.74) is 6.11. The molecule has 6 nitrogen and oxygen atoms in total. The highest BCUT2D eigenvalue weighted by atomic mass is 16.3. The van der Waals surface area contributed by atoms with Crippen molar-refractivity contribution in [3.8, 4) is 0 Å². The first-order chi connectivity index (χ1) is 17.0. The molecule has 0 aliphatic carbocycles. The number of aromatic amines is 1. The van der Waals surface area contributed by atoms with Crippen LogP contribution in [0.3, 0.4) is 0 Å². The molecule has 1 aromatic heterocycles. The van der Waals surface area contributed by atoms with Crippen molar-refractivity contribution in [3.05, 3.63) is 106 Å². The lowest BCUT2D eigenvalue weighted by Crippen LogP contribution is -2.45. The van der Waals surface area contributed by atoms with E-state index < -0.39 is 6.10 Å². The third-order valence-electron chi connectivity index (χ3n) is 7.44. The van der Waals surface area contributed by atoms with Crippen LogP contribution in [0.15, 0.2) is 72.8 Å². The molecule has 3 heterocycles. The Morgan fingerprint density at radius 3 is 2.37 bits per heavy atom. The summed E-state index contributed by atoms with van der Waals surface area (Å²) in [4.78, 5) is 33.2. The fraction of sp³-hybridized carbons (Fsp3) is 0.241. The number of carbonyl (C=O) groups is 2. The third-order valence-corrected chi connectivity index (χ3v) is 7.44. The van der Waals surface area contributed by atoms with Gasteiger partial charge in [-0.25, -0.2) is 0 Å². The molecule has 35 heavy (non-hydrogen) atoms. The third kappa shape index (κ3) is 3.57. The molecule has 0 bridgehead atoms. The first kappa shape index (κ1) is 21.8. The van der Waals surface area contributed by atoms with Crippen LogP contribution in [0.5, 0.6) is 0 Å². The maximum atomic E-state index is 13.1. The van der Waals surface area contributed by atoms with Gasteiger partial charge in [0.25, 0.3) is 11.8 Å². The number of nitrogens with zero attached hydrogens (tertiary/aromatic N) is 2. The van der Waals surface area contributed by atoms with E-state index in [0.717, 1.165) is 40.7 Å². The van der Waals surface area contributed by atoms with Crippen LogP contribution in [0.4, 0.5) is 0 Å². The van der Waals surface area contributed by atoms with Gasteiger partial charge in [0.05, 0.1) is 23.3 Å². The number of β-amino-alcohol motifs (C(OH)–C–C–N with tert-alkyl or cyclic N) is 1. The van der Waals surface area contributed by atoms with Gasteiger partial charge in [-0.05, 0) is 42.7 Å². The molecule has 2 aliphatic rings. The number of amides is 2. The summed E-state index contributed by atoms with van der Waals surface area (Å²) >= 11 is 0. The average molecular weight is 466 g/mol. The first-order valence-electron chi connectivity index (χ1n) is 12.0. The van der Waals surface area contributed by atoms with E-state index in [0.29, 0.717) is 17.7 Å². The van der Waals surface area contributed by atoms with Gasteiger partial charge in [0.15, 0.2) is 0 Å². The molecule has 2 atom stereocenters. The summed E-state index contributed by atoms with van der Waals surface area (Å²) in [6, 6.07) is 23.0. The van der Waals surface area contributed by atoms with Crippen molar-refractivity contribution in [1.82, 2.24) is 14.8 Å². The Balaban J connectivity index is 1.33. The van der Waals surface area contributed by atoms with Crippen LogP contribution in [0.2, 0.25) is 0 Å². The lowest BCUT2D eigenvalue weighted by atomic mass is 9.91. The molecule has 176 valence electrons. The lowest BCUT2D eigenvalue weighted by Gasteiger charge is -2.39. The fourth-order valence-electron chi connectivity index (χ4n) is 5.75. The number of hydrogen-bond donors (Lipinski definition) is 2. The van der Waals surface area contributed by atoms with E-state index in [4.69, 9.17) is 0 Å². The number of fused-ring (bicyclic) bond motifs is 3. The van der Waals surface area contributed by atoms with E-state index in [1.165, 1.54) is 10.5 Å². The van der Waals surface area contributed by atoms with Gasteiger partial charge in [0, 0.05) is 41.8 Å². The van der Waals surface area contributed by atoms with Crippen LogP contribution in [-0.4, -0.2) is 51.3 Å². The van der Waals surface area contributed by atoms with Gasteiger partial charge in [0.2, 0.25) is 0 Å². The molecule has 3 aromatic carbocycles. The van der Waals surface area contributed by atoms with Crippen LogP contribution < -0.4 is 0 Å². The van der Waals surface area contributed by atoms with Crippen molar-refractivity contribution in [2.75, 3.05) is 19.6 Å². The largest absolute Gasteiger partial charge is 0.387 e. The zero-order valence-corrected chi connectivity index (χ0v) is 19.6. The van der Waals surface area contributed by atoms with Crippen molar-refractivity contribution in [3.63, 3.8) is 0 Å². The van der Waals surface area contributed by atoms with Crippen LogP contribution in [-0.2, 0) is 6.42 Å². The monoisotopic (exact) mass is 465 g/mol. The minimum Gasteiger partial charge on any atom is -0.387 e. The van der Waals surface area contributed by atoms with Crippen LogP contribution in [0.25, 0.3) is 10.9 Å². The van der Waals surface area contributed by atoms with Gasteiger partial charge in [-0.1, -0.05) is 54.6 Å². The summed E-state index contributed by atoms with van der Waals surface area (Å²) in [6.45, 7) is 3.39. The lowest BCUT2D eigenvalue weighted by molar-refractivity contribution is 0.0488. The van der Waals surface area contributed by atoms with Gasteiger partial charge in [0.1, 0.15) is 0 Å². The summed E-state index contributed by atoms with van der Waals surface area (Å²) in [6.07, 6.45) is 0.148. The summed E-state index contributed by atoms with van der Waals surface area (Å²) in [7, 11) is 0. The standard InChI is InChI=1S/C29H27N3O3/c1-18-27(23-12-6-7-13-24(23)30-18)26(33)17-31-15-14-19-8-2-3-9-20(19)25(31)16-32-28(34)21-10-4-5-11-22(21)29(32)35/h2-13,25-26,30,33H,14-17H2,1H3/t25-,26-/m1/s1. The van der Waals surface area contributed by atoms with Crippen LogP contribution >= 0.6 is 0 Å². The maximum Gasteiger partial charge on any atom is 0.261 e. The minimum atomic E-state index is -0.707. The Morgan fingerprint density at radius 2 is 1.60 bits per heavy atom. The van der Waals surface area contributed by atoms with Gasteiger partial charge >= 0.3 is 0 Å². The molecule has 0 radical (unpaired) electrons. The number of aromatic nitrogens is 1. The molecule has 0 saturated heterocycles. The molecule has 2 aliphatic heterocycles. The number of para-hydroxylation sites is 1. The normalized spacial score (nSPS) is 18.7. The van der Waals surface area contributed by atoms with Crippen molar-refractivity contribution in [2.45, 2.75) is 25.5 Å². The van der Waals surface area contributed by atoms with Crippen molar-refractivity contribution < 1.29 is 14.7 Å². The number of carbonyl (C=O) groups excluding carboxylic acids is 2. The van der Waals surface area contributed by atoms with E-state index >= 15 is 0 Å². The fourth-order valence-corrected chi connectivity index (χ4v) is 5.75. The molecule has 0 fully saturated rings. The van der Waals surface area contributed by atoms with Crippen LogP contribution in [0.1, 0.15) is 55.2 Å². The van der Waals surface area contributed by atoms with Crippen molar-refractivity contribution in [1.29, 1.82) is 0 Å². The SMILES string of the molecule is Cc1[nH]c2ccccc2c1[C@H](O)CN1CCc2ccccc2[C@H]1CN1C(=O)c2ccccc2C1=O. The van der Waals surface area contributed by atoms with Gasteiger partial charge in [-0.15, -0.1) is 0 Å². The highest BCUT2D eigenvalue weighted by Gasteiger charge is 2.39. The zero-order chi connectivity index (χ0) is 24.1. The van der Waals surface area contributed by atoms with Crippen LogP contribution in [0, 0.1) is 6.92 Å². The Hall–Kier alpha value is -3.74. The number of rotatable bonds is 5. The van der Waals surface area contributed by atoms with Crippen molar-refractivity contribution >= 4 is 22.7 Å². The molecule has 2 amide bonds. The first-order valence-corrected chi connectivity index (χ1v) is 12.0. The predicted octanol–water partition coefficient (Wildman–Crippen LogP) is 4.41. The summed E-state index contributed by atoms with van der Waals surface area (Å²) < 4.78 is 0. The maximum absolute atomic E-state index is 13.1. The van der Waals surface area contributed by atoms with E-state index in [1.54, 1.807) is 24.3 Å². The van der Waals surface area contributed by atoms with Gasteiger partial charge in [-0.2, -0.15) is 0 Å². The topological polar surface area (TPSA) is 76.6 Å². The number of benzene rings is 3. The predicted molar refractivity (Wildman–Crippen MR) is 134 cm³/mol. The summed E-state index contributed by atoms with van der Waals surface area (Å²) in [5, 5.41) is 12.4. The highest BCUT2D eigenvalue weighted by Crippen LogP contribution is 2.36. The highest BCUT2D eigenvalue weighted by molar-refractivity contribution is 6.21. The Morgan fingerprint density at radius 1 is 0.943 bits per heavy atom. The number of hydrogen-bond acceptors (Lipinski definition) is 4. The van der Waals surface area contributed by atoms with E-state index in [9.17, 15) is 14.7 Å². The Labute approximate surface area is 203 Å². The van der Waals surface area contributed by atoms with Gasteiger partial charge in [-0.3, -0.25) is 19.4 Å². The van der Waals surface area contributed by atoms with Gasteiger partial charge < -0.3 is 10.1 Å². The minimum absolute atomic E-state index is 0.192. The smallest absolute Gasteiger partial charge is 0.261 e. The molecule has 0 spiro atoms. The van der Waals surface area contributed by atoms with Crippen molar-refractivity contribution in [2.24, 2.45) is 0 Å². The molecule has 6 rings (SSSR count). The molecular formula is C29H27N3O3. The summed E-state index contributed by atoms with van der Waals surface area (Å²) in [5.74, 6) is -0.497. The Bertz CT molecular complexity index is 1420. The quantitative estimate of drug-likeness (QED) is 0.428. The molecule has 0 saturated carbocycles. The number of H-pyrrole nitrogens is 1. The second-order valence-electron chi connectivity index (χ2n) is 9.45. The second kappa shape index (κ2) is 8.48. The van der Waals surface area contributed by atoms with E-state index in [1.807, 2.05) is 43.3 Å².